The van der Waals surface area contributed by atoms with E-state index in [1.807, 2.05) is 11.0 Å². The van der Waals surface area contributed by atoms with E-state index in [9.17, 15) is 21.0 Å². The molecule has 1 aliphatic rings. The molecule has 0 spiro atoms. The lowest BCUT2D eigenvalue weighted by Gasteiger charge is -2.30. The number of piperidine rings is 1. The molecule has 0 saturated carbocycles. The number of anilines is 2. The van der Waals surface area contributed by atoms with Crippen LogP contribution in [-0.2, 0) is 6.42 Å². The summed E-state index contributed by atoms with van der Waals surface area (Å²) in [5.74, 6) is -0.342. The molecule has 0 amide bonds. The number of pyridine rings is 1. The van der Waals surface area contributed by atoms with E-state index < -0.39 is 5.92 Å². The van der Waals surface area contributed by atoms with Crippen LogP contribution in [0.3, 0.4) is 0 Å². The van der Waals surface area contributed by atoms with E-state index in [-0.39, 0.29) is 23.4 Å². The second-order valence-electron chi connectivity index (χ2n) is 6.91. The molecule has 2 N–H and O–H groups in total. The first kappa shape index (κ1) is 19.7. The Labute approximate surface area is 169 Å². The fourth-order valence-electron chi connectivity index (χ4n) is 3.76. The predicted molar refractivity (Wildman–Crippen MR) is 107 cm³/mol. The number of aromatic nitrogens is 1. The summed E-state index contributed by atoms with van der Waals surface area (Å²) in [6.07, 6.45) is 3.28. The summed E-state index contributed by atoms with van der Waals surface area (Å²) in [6, 6.07) is 15.5. The molecular formula is C22H19N7. The SMILES string of the molecule is N#Cc1ccccc1C[C@H](C#N)c1c(C#N)c(N)nc(N2CCCCC2)c1C#N. The Bertz CT molecular complexity index is 1090. The maximum atomic E-state index is 9.92. The van der Waals surface area contributed by atoms with Gasteiger partial charge in [-0.2, -0.15) is 21.0 Å². The topological polar surface area (TPSA) is 137 Å². The average molecular weight is 381 g/mol. The van der Waals surface area contributed by atoms with Crippen molar-refractivity contribution in [2.75, 3.05) is 23.7 Å². The Kier molecular flexibility index (Phi) is 5.94. The lowest BCUT2D eigenvalue weighted by molar-refractivity contribution is 0.573. The van der Waals surface area contributed by atoms with Crippen LogP contribution in [0.1, 0.15) is 53.0 Å². The second kappa shape index (κ2) is 8.75. The first-order valence-electron chi connectivity index (χ1n) is 9.40. The van der Waals surface area contributed by atoms with Gasteiger partial charge in [-0.1, -0.05) is 18.2 Å². The minimum atomic E-state index is -0.803. The third-order valence-electron chi connectivity index (χ3n) is 5.19. The number of nitriles is 4. The van der Waals surface area contributed by atoms with Crippen LogP contribution in [0.4, 0.5) is 11.6 Å². The van der Waals surface area contributed by atoms with Crippen molar-refractivity contribution in [2.45, 2.75) is 31.6 Å². The lowest BCUT2D eigenvalue weighted by atomic mass is 9.86. The van der Waals surface area contributed by atoms with Crippen molar-refractivity contribution in [1.82, 2.24) is 4.98 Å². The molecule has 0 radical (unpaired) electrons. The highest BCUT2D eigenvalue weighted by molar-refractivity contribution is 5.70. The van der Waals surface area contributed by atoms with Crippen molar-refractivity contribution < 1.29 is 0 Å². The van der Waals surface area contributed by atoms with Gasteiger partial charge in [-0.3, -0.25) is 0 Å². The molecule has 1 saturated heterocycles. The number of hydrogen-bond donors (Lipinski definition) is 1. The van der Waals surface area contributed by atoms with Crippen LogP contribution in [-0.4, -0.2) is 18.1 Å². The van der Waals surface area contributed by atoms with E-state index in [1.54, 1.807) is 24.3 Å². The number of nitrogens with two attached hydrogens (primary N) is 1. The maximum absolute atomic E-state index is 9.92. The van der Waals surface area contributed by atoms with Gasteiger partial charge in [-0.05, 0) is 37.3 Å². The Hall–Kier alpha value is -4.07. The molecule has 3 rings (SSSR count). The van der Waals surface area contributed by atoms with Crippen molar-refractivity contribution in [3.63, 3.8) is 0 Å². The summed E-state index contributed by atoms with van der Waals surface area (Å²) in [5.41, 5.74) is 7.80. The van der Waals surface area contributed by atoms with Crippen molar-refractivity contribution in [2.24, 2.45) is 0 Å². The Balaban J connectivity index is 2.16. The van der Waals surface area contributed by atoms with E-state index in [1.165, 1.54) is 0 Å². The predicted octanol–water partition coefficient (Wildman–Crippen LogP) is 3.12. The second-order valence-corrected chi connectivity index (χ2v) is 6.91. The van der Waals surface area contributed by atoms with Crippen LogP contribution in [0.25, 0.3) is 0 Å². The first-order chi connectivity index (χ1) is 14.1. The van der Waals surface area contributed by atoms with E-state index in [4.69, 9.17) is 5.73 Å². The van der Waals surface area contributed by atoms with Gasteiger partial charge >= 0.3 is 0 Å². The van der Waals surface area contributed by atoms with Crippen LogP contribution in [0.2, 0.25) is 0 Å². The standard InChI is InChI=1S/C22H19N7/c23-11-16-7-3-2-6-15(16)10-17(12-24)20-18(13-25)21(27)28-22(19(20)14-26)29-8-4-1-5-9-29/h2-3,6-7,17H,1,4-5,8-10H2,(H2,27,28)/t17-/m1/s1. The largest absolute Gasteiger partial charge is 0.383 e. The molecule has 0 bridgehead atoms. The molecule has 29 heavy (non-hydrogen) atoms. The summed E-state index contributed by atoms with van der Waals surface area (Å²) in [5, 5.41) is 38.9. The van der Waals surface area contributed by atoms with Crippen molar-refractivity contribution in [1.29, 1.82) is 21.0 Å². The van der Waals surface area contributed by atoms with E-state index >= 15 is 0 Å². The first-order valence-corrected chi connectivity index (χ1v) is 9.40. The third-order valence-corrected chi connectivity index (χ3v) is 5.19. The molecule has 2 heterocycles. The molecule has 1 aliphatic heterocycles. The summed E-state index contributed by atoms with van der Waals surface area (Å²) >= 11 is 0. The van der Waals surface area contributed by atoms with Gasteiger partial charge in [0.1, 0.15) is 34.9 Å². The highest BCUT2D eigenvalue weighted by atomic mass is 15.2. The molecule has 1 aromatic carbocycles. The average Bonchev–Trinajstić information content (AvgIpc) is 2.77. The van der Waals surface area contributed by atoms with Gasteiger partial charge in [0, 0.05) is 18.7 Å². The van der Waals surface area contributed by atoms with Crippen LogP contribution in [0.15, 0.2) is 24.3 Å². The van der Waals surface area contributed by atoms with Gasteiger partial charge in [0.05, 0.1) is 23.6 Å². The molecule has 7 nitrogen and oxygen atoms in total. The molecule has 2 aromatic rings. The van der Waals surface area contributed by atoms with Crippen LogP contribution >= 0.6 is 0 Å². The molecule has 1 aromatic heterocycles. The Morgan fingerprint density at radius 3 is 2.28 bits per heavy atom. The molecule has 7 heteroatoms. The minimum absolute atomic E-state index is 0.0240. The third kappa shape index (κ3) is 3.81. The molecule has 0 aliphatic carbocycles. The van der Waals surface area contributed by atoms with Crippen molar-refractivity contribution in [3.05, 3.63) is 52.1 Å². The summed E-state index contributed by atoms with van der Waals surface area (Å²) < 4.78 is 0. The zero-order chi connectivity index (χ0) is 20.8. The molecule has 0 unspecified atom stereocenters. The Morgan fingerprint density at radius 1 is 0.966 bits per heavy atom. The van der Waals surface area contributed by atoms with Crippen molar-refractivity contribution in [3.8, 4) is 24.3 Å². The molecular weight excluding hydrogens is 362 g/mol. The van der Waals surface area contributed by atoms with E-state index in [2.05, 4.69) is 23.2 Å². The fraction of sp³-hybridized carbons (Fsp3) is 0.318. The fourth-order valence-corrected chi connectivity index (χ4v) is 3.76. The van der Waals surface area contributed by atoms with Gasteiger partial charge < -0.3 is 10.6 Å². The molecule has 1 atom stereocenters. The summed E-state index contributed by atoms with van der Waals surface area (Å²) in [4.78, 5) is 6.35. The molecule has 142 valence electrons. The zero-order valence-corrected chi connectivity index (χ0v) is 15.9. The van der Waals surface area contributed by atoms with Crippen molar-refractivity contribution >= 4 is 11.6 Å². The minimum Gasteiger partial charge on any atom is -0.383 e. The lowest BCUT2D eigenvalue weighted by Crippen LogP contribution is -2.31. The summed E-state index contributed by atoms with van der Waals surface area (Å²) in [6.45, 7) is 1.50. The van der Waals surface area contributed by atoms with Crippen LogP contribution in [0, 0.1) is 45.3 Å². The van der Waals surface area contributed by atoms with Gasteiger partial charge in [-0.15, -0.1) is 0 Å². The monoisotopic (exact) mass is 381 g/mol. The van der Waals surface area contributed by atoms with Crippen LogP contribution < -0.4 is 10.6 Å². The number of nitrogen functional groups attached to an aromatic ring is 1. The Morgan fingerprint density at radius 2 is 1.66 bits per heavy atom. The molecule has 1 fully saturated rings. The highest BCUT2D eigenvalue weighted by Gasteiger charge is 2.28. The van der Waals surface area contributed by atoms with E-state index in [0.717, 1.165) is 32.4 Å². The van der Waals surface area contributed by atoms with Gasteiger partial charge in [0.2, 0.25) is 0 Å². The highest BCUT2D eigenvalue weighted by Crippen LogP contribution is 2.35. The van der Waals surface area contributed by atoms with Gasteiger partial charge in [0.25, 0.3) is 0 Å². The number of rotatable bonds is 4. The zero-order valence-electron chi connectivity index (χ0n) is 15.9. The van der Waals surface area contributed by atoms with E-state index in [0.29, 0.717) is 22.5 Å². The van der Waals surface area contributed by atoms with Gasteiger partial charge in [0.15, 0.2) is 0 Å². The maximum Gasteiger partial charge on any atom is 0.149 e. The summed E-state index contributed by atoms with van der Waals surface area (Å²) in [7, 11) is 0. The van der Waals surface area contributed by atoms with Crippen LogP contribution in [0.5, 0.6) is 0 Å². The number of nitrogens with zero attached hydrogens (tertiary/aromatic N) is 6. The smallest absolute Gasteiger partial charge is 0.149 e. The number of benzene rings is 1. The van der Waals surface area contributed by atoms with Gasteiger partial charge in [-0.25, -0.2) is 4.98 Å². The normalized spacial score (nSPS) is 14.1. The quantitative estimate of drug-likeness (QED) is 0.858. The number of hydrogen-bond acceptors (Lipinski definition) is 7.